The van der Waals surface area contributed by atoms with E-state index in [4.69, 9.17) is 9.72 Å². The number of esters is 1. The van der Waals surface area contributed by atoms with Crippen LogP contribution in [0.1, 0.15) is 80.2 Å². The number of hydrogen-bond donors (Lipinski definition) is 0. The summed E-state index contributed by atoms with van der Waals surface area (Å²) in [6.07, 6.45) is 4.29. The van der Waals surface area contributed by atoms with E-state index in [9.17, 15) is 14.4 Å². The number of aryl methyl sites for hydroxylation is 1. The van der Waals surface area contributed by atoms with E-state index >= 15 is 0 Å². The number of benzene rings is 1. The molecule has 0 unspecified atom stereocenters. The van der Waals surface area contributed by atoms with E-state index in [0.29, 0.717) is 23.4 Å². The zero-order valence-electron chi connectivity index (χ0n) is 22.7. The molecule has 38 heavy (non-hydrogen) atoms. The summed E-state index contributed by atoms with van der Waals surface area (Å²) in [7, 11) is 0. The fraction of sp³-hybridized carbons (Fsp3) is 0.367. The summed E-state index contributed by atoms with van der Waals surface area (Å²) in [6, 6.07) is 14.1. The van der Waals surface area contributed by atoms with Gasteiger partial charge in [0.25, 0.3) is 11.5 Å². The van der Waals surface area contributed by atoms with Gasteiger partial charge in [0.15, 0.2) is 5.49 Å². The number of ether oxygens (including phenoxy) is 1. The van der Waals surface area contributed by atoms with Gasteiger partial charge in [-0.1, -0.05) is 58.7 Å². The van der Waals surface area contributed by atoms with Crippen LogP contribution < -0.4 is 11.0 Å². The molecular weight excluding hydrogens is 480 g/mol. The molecule has 1 amide bonds. The SMILES string of the molecule is CCCCCn1c(=NC(=O)c2ccc(C(C)(C)C)cc2)c(C(=O)OCC)cc2c(=O)n3ccccc3nc21. The number of nitrogens with zero attached hydrogens (tertiary/aromatic N) is 4. The minimum atomic E-state index is -0.647. The highest BCUT2D eigenvalue weighted by Gasteiger charge is 2.20. The van der Waals surface area contributed by atoms with E-state index < -0.39 is 11.9 Å². The fourth-order valence-corrected chi connectivity index (χ4v) is 4.36. The van der Waals surface area contributed by atoms with Gasteiger partial charge in [-0.2, -0.15) is 4.99 Å². The molecule has 0 N–H and O–H groups in total. The van der Waals surface area contributed by atoms with Crippen LogP contribution in [-0.2, 0) is 16.7 Å². The highest BCUT2D eigenvalue weighted by molar-refractivity contribution is 5.97. The Morgan fingerprint density at radius 2 is 1.76 bits per heavy atom. The lowest BCUT2D eigenvalue weighted by Gasteiger charge is -2.18. The zero-order chi connectivity index (χ0) is 27.4. The van der Waals surface area contributed by atoms with Crippen LogP contribution in [0.5, 0.6) is 0 Å². The Balaban J connectivity index is 2.02. The molecule has 0 saturated carbocycles. The predicted molar refractivity (Wildman–Crippen MR) is 147 cm³/mol. The molecule has 3 aromatic heterocycles. The first-order valence-corrected chi connectivity index (χ1v) is 13.1. The number of aromatic nitrogens is 3. The van der Waals surface area contributed by atoms with Gasteiger partial charge in [-0.15, -0.1) is 0 Å². The normalized spacial score (nSPS) is 12.3. The number of rotatable bonds is 7. The molecule has 8 heteroatoms. The van der Waals surface area contributed by atoms with Gasteiger partial charge in [0.2, 0.25) is 0 Å². The van der Waals surface area contributed by atoms with Crippen molar-refractivity contribution in [3.63, 3.8) is 0 Å². The summed E-state index contributed by atoms with van der Waals surface area (Å²) in [6.45, 7) is 10.7. The molecule has 0 radical (unpaired) electrons. The first-order valence-electron chi connectivity index (χ1n) is 13.1. The average molecular weight is 515 g/mol. The molecule has 0 bridgehead atoms. The van der Waals surface area contributed by atoms with E-state index in [0.717, 1.165) is 24.8 Å². The summed E-state index contributed by atoms with van der Waals surface area (Å²) >= 11 is 0. The van der Waals surface area contributed by atoms with Gasteiger partial charge in [0.1, 0.15) is 16.9 Å². The van der Waals surface area contributed by atoms with Crippen molar-refractivity contribution < 1.29 is 14.3 Å². The van der Waals surface area contributed by atoms with E-state index in [1.165, 1.54) is 10.5 Å². The van der Waals surface area contributed by atoms with Gasteiger partial charge in [-0.05, 0) is 54.7 Å². The lowest BCUT2D eigenvalue weighted by atomic mass is 9.87. The molecule has 4 aromatic rings. The average Bonchev–Trinajstić information content (AvgIpc) is 2.89. The third-order valence-corrected chi connectivity index (χ3v) is 6.48. The van der Waals surface area contributed by atoms with Gasteiger partial charge >= 0.3 is 5.97 Å². The molecule has 4 rings (SSSR count). The van der Waals surface area contributed by atoms with Gasteiger partial charge in [0, 0.05) is 18.3 Å². The van der Waals surface area contributed by atoms with Crippen molar-refractivity contribution in [3.05, 3.63) is 87.3 Å². The molecule has 0 spiro atoms. The Labute approximate surface area is 221 Å². The third-order valence-electron chi connectivity index (χ3n) is 6.48. The second kappa shape index (κ2) is 11.1. The van der Waals surface area contributed by atoms with Crippen molar-refractivity contribution in [2.24, 2.45) is 4.99 Å². The Hall–Kier alpha value is -4.07. The largest absolute Gasteiger partial charge is 0.462 e. The molecule has 0 aliphatic carbocycles. The Morgan fingerprint density at radius 1 is 1.03 bits per heavy atom. The van der Waals surface area contributed by atoms with Gasteiger partial charge in [-0.3, -0.25) is 14.0 Å². The van der Waals surface area contributed by atoms with E-state index in [2.05, 4.69) is 32.7 Å². The van der Waals surface area contributed by atoms with Crippen molar-refractivity contribution >= 4 is 28.6 Å². The minimum Gasteiger partial charge on any atom is -0.462 e. The van der Waals surface area contributed by atoms with Crippen LogP contribution in [0.15, 0.2) is 64.5 Å². The lowest BCUT2D eigenvalue weighted by Crippen LogP contribution is -2.33. The number of carbonyl (C=O) groups is 2. The molecule has 0 fully saturated rings. The predicted octanol–water partition coefficient (Wildman–Crippen LogP) is 5.05. The number of pyridine rings is 2. The summed E-state index contributed by atoms with van der Waals surface area (Å²) in [4.78, 5) is 49.1. The van der Waals surface area contributed by atoms with Crippen molar-refractivity contribution in [3.8, 4) is 0 Å². The first-order chi connectivity index (χ1) is 18.2. The van der Waals surface area contributed by atoms with Crippen molar-refractivity contribution in [1.82, 2.24) is 14.0 Å². The van der Waals surface area contributed by atoms with Crippen LogP contribution in [-0.4, -0.2) is 32.4 Å². The van der Waals surface area contributed by atoms with E-state index in [1.807, 2.05) is 12.1 Å². The molecule has 198 valence electrons. The molecule has 0 atom stereocenters. The molecule has 0 aliphatic heterocycles. The Kier molecular flexibility index (Phi) is 7.90. The van der Waals surface area contributed by atoms with Crippen molar-refractivity contribution in [1.29, 1.82) is 0 Å². The summed E-state index contributed by atoms with van der Waals surface area (Å²) < 4.78 is 8.47. The maximum atomic E-state index is 13.4. The van der Waals surface area contributed by atoms with Gasteiger partial charge in [-0.25, -0.2) is 9.78 Å². The fourth-order valence-electron chi connectivity index (χ4n) is 4.36. The second-order valence-corrected chi connectivity index (χ2v) is 10.3. The Morgan fingerprint density at radius 3 is 2.42 bits per heavy atom. The Bertz CT molecular complexity index is 1620. The quantitative estimate of drug-likeness (QED) is 0.195. The van der Waals surface area contributed by atoms with Crippen LogP contribution in [0.25, 0.3) is 16.7 Å². The van der Waals surface area contributed by atoms with Crippen LogP contribution in [0.2, 0.25) is 0 Å². The lowest BCUT2D eigenvalue weighted by molar-refractivity contribution is 0.0523. The monoisotopic (exact) mass is 514 g/mol. The molecular formula is C30H34N4O4. The van der Waals surface area contributed by atoms with E-state index in [1.54, 1.807) is 48.0 Å². The van der Waals surface area contributed by atoms with Crippen LogP contribution in [0.3, 0.4) is 0 Å². The molecule has 0 aliphatic rings. The smallest absolute Gasteiger partial charge is 0.341 e. The van der Waals surface area contributed by atoms with E-state index in [-0.39, 0.29) is 34.0 Å². The second-order valence-electron chi connectivity index (χ2n) is 10.3. The number of carbonyl (C=O) groups excluding carboxylic acids is 2. The standard InChI is InChI=1S/C30H34N4O4/c1-6-8-10-18-34-25-22(28(36)33-17-11-9-12-24(33)31-25)19-23(29(37)38-7-2)26(34)32-27(35)20-13-15-21(16-14-20)30(3,4)5/h9,11-17,19H,6-8,10,18H2,1-5H3. The number of amides is 1. The third kappa shape index (κ3) is 5.44. The van der Waals surface area contributed by atoms with Crippen molar-refractivity contribution in [2.75, 3.05) is 6.61 Å². The molecule has 1 aromatic carbocycles. The first kappa shape index (κ1) is 27.0. The number of fused-ring (bicyclic) bond motifs is 2. The van der Waals surface area contributed by atoms with Crippen LogP contribution in [0, 0.1) is 0 Å². The van der Waals surface area contributed by atoms with Gasteiger partial charge in [0.05, 0.1) is 12.0 Å². The maximum absolute atomic E-state index is 13.4. The van der Waals surface area contributed by atoms with Gasteiger partial charge < -0.3 is 9.30 Å². The highest BCUT2D eigenvalue weighted by Crippen LogP contribution is 2.22. The topological polar surface area (TPSA) is 95.0 Å². The molecule has 3 heterocycles. The summed E-state index contributed by atoms with van der Waals surface area (Å²) in [5.41, 5.74) is 2.18. The zero-order valence-corrected chi connectivity index (χ0v) is 22.7. The maximum Gasteiger partial charge on any atom is 0.341 e. The summed E-state index contributed by atoms with van der Waals surface area (Å²) in [5.74, 6) is -1.14. The number of hydrogen-bond acceptors (Lipinski definition) is 5. The molecule has 8 nitrogen and oxygen atoms in total. The molecule has 0 saturated heterocycles. The number of unbranched alkanes of at least 4 members (excludes halogenated alkanes) is 2. The van der Waals surface area contributed by atoms with Crippen LogP contribution >= 0.6 is 0 Å². The van der Waals surface area contributed by atoms with Crippen LogP contribution in [0.4, 0.5) is 0 Å². The van der Waals surface area contributed by atoms with Crippen molar-refractivity contribution in [2.45, 2.75) is 65.8 Å². The highest BCUT2D eigenvalue weighted by atomic mass is 16.5. The minimum absolute atomic E-state index is 0.0566. The summed E-state index contributed by atoms with van der Waals surface area (Å²) in [5, 5.41) is 0.259.